The molecular formula is C34H35N7O4. The van der Waals surface area contributed by atoms with Crippen LogP contribution in [0.2, 0.25) is 0 Å². The number of benzene rings is 1. The highest BCUT2D eigenvalue weighted by Crippen LogP contribution is 2.46. The Morgan fingerprint density at radius 2 is 1.76 bits per heavy atom. The number of pyridine rings is 1. The van der Waals surface area contributed by atoms with Crippen LogP contribution >= 0.6 is 0 Å². The molecule has 45 heavy (non-hydrogen) atoms. The van der Waals surface area contributed by atoms with Crippen LogP contribution < -0.4 is 10.6 Å². The molecule has 11 nitrogen and oxygen atoms in total. The molecule has 1 atom stereocenters. The van der Waals surface area contributed by atoms with Gasteiger partial charge >= 0.3 is 0 Å². The summed E-state index contributed by atoms with van der Waals surface area (Å²) in [5.41, 5.74) is 5.61. The van der Waals surface area contributed by atoms with Crippen LogP contribution in [0.4, 0.5) is 5.69 Å². The molecule has 4 amide bonds. The summed E-state index contributed by atoms with van der Waals surface area (Å²) < 4.78 is 4.36. The maximum Gasteiger partial charge on any atom is 0.262 e. The molecule has 0 spiro atoms. The van der Waals surface area contributed by atoms with Crippen LogP contribution in [0.5, 0.6) is 0 Å². The number of carbonyl (C=O) groups is 4. The first-order valence-electron chi connectivity index (χ1n) is 15.9. The average Bonchev–Trinajstić information content (AvgIpc) is 3.52. The molecule has 8 rings (SSSR count). The van der Waals surface area contributed by atoms with Crippen molar-refractivity contribution in [3.63, 3.8) is 0 Å². The van der Waals surface area contributed by atoms with Gasteiger partial charge in [0, 0.05) is 54.0 Å². The third kappa shape index (κ3) is 4.72. The zero-order valence-corrected chi connectivity index (χ0v) is 25.3. The molecule has 5 heterocycles. The number of nitrogens with one attached hydrogen (secondary N) is 2. The monoisotopic (exact) mass is 605 g/mol. The van der Waals surface area contributed by atoms with Crippen molar-refractivity contribution < 1.29 is 19.2 Å². The van der Waals surface area contributed by atoms with Gasteiger partial charge in [-0.15, -0.1) is 0 Å². The van der Waals surface area contributed by atoms with Crippen LogP contribution in [-0.4, -0.2) is 60.4 Å². The van der Waals surface area contributed by atoms with Gasteiger partial charge in [0.1, 0.15) is 11.7 Å². The third-order valence-electron chi connectivity index (χ3n) is 9.74. The fraction of sp³-hybridized carbons (Fsp3) is 0.412. The van der Waals surface area contributed by atoms with Crippen LogP contribution in [0, 0.1) is 5.92 Å². The summed E-state index contributed by atoms with van der Waals surface area (Å²) in [6.07, 6.45) is 8.87. The molecule has 2 saturated carbocycles. The number of nitrogens with zero attached hydrogens (tertiary/aromatic N) is 5. The van der Waals surface area contributed by atoms with Gasteiger partial charge in [-0.2, -0.15) is 5.10 Å². The maximum absolute atomic E-state index is 13.2. The molecule has 4 aromatic rings. The summed E-state index contributed by atoms with van der Waals surface area (Å²) in [7, 11) is 0. The van der Waals surface area contributed by atoms with Crippen molar-refractivity contribution in [1.29, 1.82) is 0 Å². The van der Waals surface area contributed by atoms with E-state index in [1.807, 2.05) is 0 Å². The minimum Gasteiger partial charge on any atom is -0.385 e. The van der Waals surface area contributed by atoms with Gasteiger partial charge in [-0.25, -0.2) is 4.98 Å². The lowest BCUT2D eigenvalue weighted by Gasteiger charge is -2.35. The number of hydrogen-bond donors (Lipinski definition) is 2. The summed E-state index contributed by atoms with van der Waals surface area (Å²) in [6, 6.07) is 11.2. The lowest BCUT2D eigenvalue weighted by atomic mass is 9.80. The van der Waals surface area contributed by atoms with E-state index in [0.717, 1.165) is 58.0 Å². The number of anilines is 1. The molecule has 1 aromatic carbocycles. The number of carbonyl (C=O) groups excluding carboxylic acids is 4. The zero-order chi connectivity index (χ0) is 31.0. The van der Waals surface area contributed by atoms with Crippen LogP contribution in [0.3, 0.4) is 0 Å². The standard InChI is InChI=1S/C34H35N7O4/c1-18(2)39-12-11-21-5-8-27(36-31(21)39)26-17-40(38-30(26)20-3-4-20)23-13-19(14-23)16-35-22-6-7-24-25(15-22)34(45)41(33(24)44)28-9-10-29(42)37-32(28)43/h5-8,11-12,15,17-20,23,28,35H,3-4,9-10,13-14,16H2,1-2H3,(H,37,42,43)/t19-,23-,28?. The summed E-state index contributed by atoms with van der Waals surface area (Å²) >= 11 is 0. The van der Waals surface area contributed by atoms with E-state index in [0.29, 0.717) is 23.9 Å². The molecule has 0 bridgehead atoms. The van der Waals surface area contributed by atoms with E-state index in [1.165, 1.54) is 12.8 Å². The quantitative estimate of drug-likeness (QED) is 0.275. The summed E-state index contributed by atoms with van der Waals surface area (Å²) in [6.45, 7) is 5.08. The van der Waals surface area contributed by atoms with Gasteiger partial charge in [0.2, 0.25) is 11.8 Å². The Morgan fingerprint density at radius 3 is 2.51 bits per heavy atom. The maximum atomic E-state index is 13.2. The Balaban J connectivity index is 0.930. The topological polar surface area (TPSA) is 131 Å². The Hall–Kier alpha value is -4.80. The molecular weight excluding hydrogens is 570 g/mol. The second-order valence-corrected chi connectivity index (χ2v) is 13.2. The predicted molar refractivity (Wildman–Crippen MR) is 167 cm³/mol. The van der Waals surface area contributed by atoms with Crippen molar-refractivity contribution in [2.75, 3.05) is 11.9 Å². The summed E-state index contributed by atoms with van der Waals surface area (Å²) in [5, 5.41) is 11.9. The number of amides is 4. The molecule has 3 aromatic heterocycles. The number of hydrogen-bond acceptors (Lipinski definition) is 7. The number of rotatable bonds is 8. The normalized spacial score (nSPS) is 23.1. The minimum absolute atomic E-state index is 0.0976. The van der Waals surface area contributed by atoms with Crippen LogP contribution in [-0.2, 0) is 9.59 Å². The molecule has 2 aliphatic carbocycles. The Labute approximate surface area is 260 Å². The van der Waals surface area contributed by atoms with Crippen molar-refractivity contribution in [3.05, 3.63) is 65.6 Å². The first-order valence-corrected chi connectivity index (χ1v) is 15.9. The van der Waals surface area contributed by atoms with Gasteiger partial charge in [0.05, 0.1) is 28.6 Å². The zero-order valence-electron chi connectivity index (χ0n) is 25.3. The molecule has 3 fully saturated rings. The van der Waals surface area contributed by atoms with Gasteiger partial charge < -0.3 is 9.88 Å². The van der Waals surface area contributed by atoms with E-state index < -0.39 is 23.8 Å². The van der Waals surface area contributed by atoms with Gasteiger partial charge in [0.15, 0.2) is 0 Å². The second kappa shape index (κ2) is 10.4. The average molecular weight is 606 g/mol. The molecule has 2 N–H and O–H groups in total. The van der Waals surface area contributed by atoms with Crippen LogP contribution in [0.15, 0.2) is 48.8 Å². The van der Waals surface area contributed by atoms with E-state index in [1.54, 1.807) is 18.2 Å². The first-order chi connectivity index (χ1) is 21.7. The Bertz CT molecular complexity index is 1900. The fourth-order valence-corrected chi connectivity index (χ4v) is 6.97. The Morgan fingerprint density at radius 1 is 0.956 bits per heavy atom. The smallest absolute Gasteiger partial charge is 0.262 e. The SMILES string of the molecule is CC(C)n1ccc2ccc(-c3cn([C@H]4C[C@H](CNc5ccc6c(c5)C(=O)N(C5CCC(=O)NC5=O)C6=O)C4)nc3C3CC3)nc21. The van der Waals surface area contributed by atoms with Crippen molar-refractivity contribution in [3.8, 4) is 11.3 Å². The van der Waals surface area contributed by atoms with E-state index in [-0.39, 0.29) is 29.9 Å². The Kier molecular flexibility index (Phi) is 6.40. The lowest BCUT2D eigenvalue weighted by Crippen LogP contribution is -2.54. The molecule has 11 heteroatoms. The van der Waals surface area contributed by atoms with Crippen molar-refractivity contribution >= 4 is 40.3 Å². The number of imide groups is 2. The number of piperidine rings is 1. The molecule has 230 valence electrons. The van der Waals surface area contributed by atoms with Crippen molar-refractivity contribution in [1.82, 2.24) is 29.5 Å². The lowest BCUT2D eigenvalue weighted by molar-refractivity contribution is -0.136. The van der Waals surface area contributed by atoms with Crippen molar-refractivity contribution in [2.45, 2.75) is 76.4 Å². The molecule has 1 saturated heterocycles. The number of aromatic nitrogens is 4. The van der Waals surface area contributed by atoms with Crippen LogP contribution in [0.1, 0.15) is 96.8 Å². The van der Waals surface area contributed by atoms with Gasteiger partial charge in [0.25, 0.3) is 11.8 Å². The minimum atomic E-state index is -0.966. The van der Waals surface area contributed by atoms with Gasteiger partial charge in [-0.05, 0) is 88.3 Å². The van der Waals surface area contributed by atoms with E-state index >= 15 is 0 Å². The highest BCUT2D eigenvalue weighted by molar-refractivity contribution is 6.23. The summed E-state index contributed by atoms with van der Waals surface area (Å²) in [5.74, 6) is -1.03. The molecule has 4 aliphatic rings. The van der Waals surface area contributed by atoms with E-state index in [2.05, 4.69) is 64.3 Å². The van der Waals surface area contributed by atoms with Gasteiger partial charge in [-0.1, -0.05) is 0 Å². The predicted octanol–water partition coefficient (Wildman–Crippen LogP) is 4.82. The van der Waals surface area contributed by atoms with Gasteiger partial charge in [-0.3, -0.25) is 34.1 Å². The molecule has 1 unspecified atom stereocenters. The highest BCUT2D eigenvalue weighted by Gasteiger charge is 2.44. The van der Waals surface area contributed by atoms with E-state index in [9.17, 15) is 19.2 Å². The molecule has 0 radical (unpaired) electrons. The second-order valence-electron chi connectivity index (χ2n) is 13.2. The fourth-order valence-electron chi connectivity index (χ4n) is 6.97. The summed E-state index contributed by atoms with van der Waals surface area (Å²) in [4.78, 5) is 56.1. The van der Waals surface area contributed by atoms with Crippen LogP contribution in [0.25, 0.3) is 22.3 Å². The van der Waals surface area contributed by atoms with E-state index in [4.69, 9.17) is 10.1 Å². The largest absolute Gasteiger partial charge is 0.385 e. The highest BCUT2D eigenvalue weighted by atomic mass is 16.2. The van der Waals surface area contributed by atoms with Crippen molar-refractivity contribution in [2.24, 2.45) is 5.92 Å². The third-order valence-corrected chi connectivity index (χ3v) is 9.74. The number of fused-ring (bicyclic) bond motifs is 2. The first kappa shape index (κ1) is 27.7. The molecule has 2 aliphatic heterocycles.